The first kappa shape index (κ1) is 48.8. The van der Waals surface area contributed by atoms with Gasteiger partial charge in [0.25, 0.3) is 0 Å². The van der Waals surface area contributed by atoms with Gasteiger partial charge in [0.1, 0.15) is 0 Å². The van der Waals surface area contributed by atoms with Crippen molar-refractivity contribution in [3.05, 3.63) is 277 Å². The standard InChI is InChI=1S/C72H63N5O/c1-71(2,3)67-44-33-54(70-75-74-69(78-70)53-29-27-51(28-30-53)50-19-9-4-10-20-50)47-65(67)66-49-57-48-64(68(66)73-57)52-31-38-61(39-32-52)77(60-25-15-7-16-26-60)63-42-36-56(37-43-63)72(45-17-8-18-46-72)55-34-40-62(41-35-55)76(58-21-11-5-12-22-58)59-23-13-6-14-24-59/h4-7,9-16,19-44,47-49,57,68,73H,8,17-18,45-46H2,1-3H3. The molecule has 2 atom stereocenters. The zero-order chi connectivity index (χ0) is 52.6. The highest BCUT2D eigenvalue weighted by molar-refractivity contribution is 5.94. The molecular formula is C72H63N5O. The Bertz CT molecular complexity index is 3700. The van der Waals surface area contributed by atoms with Crippen LogP contribution in [0, 0.1) is 0 Å². The number of nitrogens with one attached hydrogen (secondary N) is 1. The lowest BCUT2D eigenvalue weighted by Gasteiger charge is -2.39. The molecule has 1 N–H and O–H groups in total. The number of anilines is 6. The molecule has 382 valence electrons. The zero-order valence-corrected chi connectivity index (χ0v) is 44.6. The second-order valence-electron chi connectivity index (χ2n) is 22.2. The number of hydrogen-bond donors (Lipinski definition) is 1. The Labute approximate surface area is 459 Å². The van der Waals surface area contributed by atoms with E-state index in [1.165, 1.54) is 63.8 Å². The molecule has 1 aliphatic carbocycles. The maximum Gasteiger partial charge on any atom is 0.248 e. The second-order valence-corrected chi connectivity index (χ2v) is 22.2. The highest BCUT2D eigenvalue weighted by Gasteiger charge is 2.38. The summed E-state index contributed by atoms with van der Waals surface area (Å²) in [7, 11) is 0. The van der Waals surface area contributed by atoms with Gasteiger partial charge in [-0.15, -0.1) is 10.2 Å². The minimum Gasteiger partial charge on any atom is -0.416 e. The van der Waals surface area contributed by atoms with Gasteiger partial charge in [-0.05, 0) is 165 Å². The van der Waals surface area contributed by atoms with Gasteiger partial charge in [0.2, 0.25) is 11.8 Å². The first-order valence-corrected chi connectivity index (χ1v) is 27.7. The highest BCUT2D eigenvalue weighted by Crippen LogP contribution is 2.48. The van der Waals surface area contributed by atoms with Crippen molar-refractivity contribution in [3.63, 3.8) is 0 Å². The molecule has 2 aliphatic heterocycles. The summed E-state index contributed by atoms with van der Waals surface area (Å²) in [4.78, 5) is 4.74. The SMILES string of the molecule is CC(C)(C)c1ccc(-c2nnc(-c3ccc(-c4ccccc4)cc3)o2)cc1C1=CC2C=C(c3ccc(N(c4ccccc4)c4ccc(C5(c6ccc(N(c7ccccc7)c7ccccc7)cc6)CCCCC5)cc4)cc3)C1N2. The largest absolute Gasteiger partial charge is 0.416 e. The van der Waals surface area contributed by atoms with E-state index in [9.17, 15) is 0 Å². The van der Waals surface area contributed by atoms with Crippen molar-refractivity contribution in [2.75, 3.05) is 9.80 Å². The van der Waals surface area contributed by atoms with Crippen LogP contribution < -0.4 is 15.1 Å². The Morgan fingerprint density at radius 3 is 1.33 bits per heavy atom. The van der Waals surface area contributed by atoms with Crippen LogP contribution in [0.15, 0.2) is 253 Å². The van der Waals surface area contributed by atoms with Crippen LogP contribution in [-0.4, -0.2) is 22.3 Å². The zero-order valence-electron chi connectivity index (χ0n) is 44.6. The fraction of sp³-hybridized carbons (Fsp3) is 0.167. The molecule has 3 heterocycles. The predicted molar refractivity (Wildman–Crippen MR) is 322 cm³/mol. The number of aromatic nitrogens is 2. The average molecular weight is 1010 g/mol. The third-order valence-corrected chi connectivity index (χ3v) is 16.3. The van der Waals surface area contributed by atoms with Crippen LogP contribution in [0.4, 0.5) is 34.1 Å². The summed E-state index contributed by atoms with van der Waals surface area (Å²) in [6, 6.07) is 85.7. The smallest absolute Gasteiger partial charge is 0.248 e. The lowest BCUT2D eigenvalue weighted by molar-refractivity contribution is 0.346. The van der Waals surface area contributed by atoms with Crippen molar-refractivity contribution in [1.82, 2.24) is 15.5 Å². The van der Waals surface area contributed by atoms with Crippen LogP contribution in [0.2, 0.25) is 0 Å². The monoisotopic (exact) mass is 1010 g/mol. The van der Waals surface area contributed by atoms with Crippen LogP contribution in [0.3, 0.4) is 0 Å². The van der Waals surface area contributed by atoms with Gasteiger partial charge in [-0.25, -0.2) is 0 Å². The fourth-order valence-corrected chi connectivity index (χ4v) is 12.4. The van der Waals surface area contributed by atoms with Gasteiger partial charge in [-0.1, -0.05) is 192 Å². The van der Waals surface area contributed by atoms with E-state index < -0.39 is 0 Å². The highest BCUT2D eigenvalue weighted by atomic mass is 16.4. The molecule has 13 rings (SSSR count). The lowest BCUT2D eigenvalue weighted by Crippen LogP contribution is -2.30. The third kappa shape index (κ3) is 9.37. The second kappa shape index (κ2) is 20.6. The van der Waals surface area contributed by atoms with E-state index in [4.69, 9.17) is 4.42 Å². The Morgan fingerprint density at radius 2 is 0.833 bits per heavy atom. The molecule has 6 heteroatoms. The molecule has 3 aliphatic rings. The van der Waals surface area contributed by atoms with Gasteiger partial charge in [0.15, 0.2) is 0 Å². The van der Waals surface area contributed by atoms with Crippen molar-refractivity contribution in [3.8, 4) is 34.0 Å². The fourth-order valence-electron chi connectivity index (χ4n) is 12.4. The summed E-state index contributed by atoms with van der Waals surface area (Å²) in [6.07, 6.45) is 10.8. The Morgan fingerprint density at radius 1 is 0.423 bits per heavy atom. The third-order valence-electron chi connectivity index (χ3n) is 16.3. The number of fused-ring (bicyclic) bond motifs is 2. The molecule has 1 fully saturated rings. The number of nitrogens with zero attached hydrogens (tertiary/aromatic N) is 4. The summed E-state index contributed by atoms with van der Waals surface area (Å²) in [5.41, 5.74) is 19.8. The van der Waals surface area contributed by atoms with E-state index in [-0.39, 0.29) is 22.9 Å². The van der Waals surface area contributed by atoms with E-state index >= 15 is 0 Å². The molecule has 1 saturated carbocycles. The maximum absolute atomic E-state index is 6.41. The van der Waals surface area contributed by atoms with Crippen molar-refractivity contribution in [1.29, 1.82) is 0 Å². The summed E-state index contributed by atoms with van der Waals surface area (Å²) in [5, 5.41) is 13.0. The number of benzene rings is 9. The topological polar surface area (TPSA) is 57.4 Å². The number of para-hydroxylation sites is 3. The van der Waals surface area contributed by atoms with E-state index in [0.717, 1.165) is 63.7 Å². The molecule has 2 bridgehead atoms. The van der Waals surface area contributed by atoms with Crippen molar-refractivity contribution >= 4 is 45.3 Å². The molecule has 10 aromatic rings. The molecule has 1 aromatic heterocycles. The summed E-state index contributed by atoms with van der Waals surface area (Å²) >= 11 is 0. The molecule has 0 saturated heterocycles. The van der Waals surface area contributed by atoms with E-state index in [1.807, 2.05) is 6.07 Å². The van der Waals surface area contributed by atoms with Crippen LogP contribution in [0.1, 0.15) is 80.7 Å². The average Bonchev–Trinajstić information content (AvgIpc) is 4.42. The molecular weight excluding hydrogens is 951 g/mol. The van der Waals surface area contributed by atoms with E-state index in [1.54, 1.807) is 0 Å². The number of hydrogen-bond acceptors (Lipinski definition) is 6. The van der Waals surface area contributed by atoms with E-state index in [0.29, 0.717) is 11.8 Å². The number of rotatable bonds is 13. The molecule has 2 unspecified atom stereocenters. The van der Waals surface area contributed by atoms with Crippen LogP contribution >= 0.6 is 0 Å². The van der Waals surface area contributed by atoms with E-state index in [2.05, 4.69) is 289 Å². The first-order valence-electron chi connectivity index (χ1n) is 27.7. The van der Waals surface area contributed by atoms with Gasteiger partial charge >= 0.3 is 0 Å². The van der Waals surface area contributed by atoms with Gasteiger partial charge in [0, 0.05) is 56.7 Å². The van der Waals surface area contributed by atoms with Gasteiger partial charge in [0.05, 0.1) is 6.04 Å². The van der Waals surface area contributed by atoms with Crippen LogP contribution in [0.5, 0.6) is 0 Å². The van der Waals surface area contributed by atoms with Crippen molar-refractivity contribution < 1.29 is 4.42 Å². The summed E-state index contributed by atoms with van der Waals surface area (Å²) < 4.78 is 6.41. The van der Waals surface area contributed by atoms with Gasteiger partial charge in [-0.2, -0.15) is 0 Å². The summed E-state index contributed by atoms with van der Waals surface area (Å²) in [6.45, 7) is 6.87. The van der Waals surface area contributed by atoms with Crippen LogP contribution in [0.25, 0.3) is 45.2 Å². The quantitative estimate of drug-likeness (QED) is 0.124. The molecule has 9 aromatic carbocycles. The Kier molecular flexibility index (Phi) is 12.9. The molecule has 0 spiro atoms. The normalized spacial score (nSPS) is 16.6. The summed E-state index contributed by atoms with van der Waals surface area (Å²) in [5.74, 6) is 1.01. The lowest BCUT2D eigenvalue weighted by atomic mass is 9.65. The van der Waals surface area contributed by atoms with Crippen molar-refractivity contribution in [2.24, 2.45) is 0 Å². The molecule has 78 heavy (non-hydrogen) atoms. The minimum atomic E-state index is -0.0990. The molecule has 0 amide bonds. The minimum absolute atomic E-state index is 0.0336. The predicted octanol–water partition coefficient (Wildman–Crippen LogP) is 18.4. The maximum atomic E-state index is 6.41. The van der Waals surface area contributed by atoms with Crippen LogP contribution in [-0.2, 0) is 10.8 Å². The Balaban J connectivity index is 0.768. The van der Waals surface area contributed by atoms with Crippen molar-refractivity contribution in [2.45, 2.75) is 75.8 Å². The molecule has 6 nitrogen and oxygen atoms in total. The molecule has 0 radical (unpaired) electrons. The van der Waals surface area contributed by atoms with Gasteiger partial charge < -0.3 is 14.2 Å². The Hall–Kier alpha value is -8.84. The first-order chi connectivity index (χ1) is 38.3. The van der Waals surface area contributed by atoms with Gasteiger partial charge in [-0.3, -0.25) is 5.32 Å².